The van der Waals surface area contributed by atoms with Crippen molar-refractivity contribution in [3.63, 3.8) is 0 Å². The monoisotopic (exact) mass is 334 g/mol. The number of rotatable bonds is 4. The number of hydrogen-bond donors (Lipinski definition) is 2. The largest absolute Gasteiger partial charge is 0.483 e. The summed E-state index contributed by atoms with van der Waals surface area (Å²) in [6.07, 6.45) is 0.809. The molecule has 1 aromatic carbocycles. The molecule has 3 N–H and O–H groups in total. The minimum atomic E-state index is -1.64. The summed E-state index contributed by atoms with van der Waals surface area (Å²) in [7, 11) is 0. The fraction of sp³-hybridized carbons (Fsp3) is 0.556. The predicted octanol–water partition coefficient (Wildman–Crippen LogP) is 1.20. The summed E-state index contributed by atoms with van der Waals surface area (Å²) < 4.78 is 5.72. The van der Waals surface area contributed by atoms with Gasteiger partial charge in [-0.2, -0.15) is 0 Å². The van der Waals surface area contributed by atoms with Crippen molar-refractivity contribution in [3.8, 4) is 5.75 Å². The van der Waals surface area contributed by atoms with E-state index in [2.05, 4.69) is 20.8 Å². The lowest BCUT2D eigenvalue weighted by Crippen LogP contribution is -2.57. The van der Waals surface area contributed by atoms with Crippen molar-refractivity contribution < 1.29 is 19.4 Å². The first-order valence-electron chi connectivity index (χ1n) is 8.16. The van der Waals surface area contributed by atoms with Gasteiger partial charge in [-0.3, -0.25) is 9.59 Å². The van der Waals surface area contributed by atoms with Gasteiger partial charge in [-0.1, -0.05) is 39.0 Å². The van der Waals surface area contributed by atoms with Gasteiger partial charge in [-0.15, -0.1) is 0 Å². The summed E-state index contributed by atoms with van der Waals surface area (Å²) in [4.78, 5) is 25.2. The van der Waals surface area contributed by atoms with Crippen molar-refractivity contribution in [3.05, 3.63) is 29.8 Å². The van der Waals surface area contributed by atoms with Crippen molar-refractivity contribution in [1.82, 2.24) is 4.90 Å². The van der Waals surface area contributed by atoms with E-state index in [-0.39, 0.29) is 30.9 Å². The standard InChI is InChI=1S/C18H26N2O4/c1-17(2,3)13-7-4-5-8-14(13)24-11-15(21)20-10-6-9-18(23,12-20)16(19)22/h4-5,7-8,23H,6,9-12H2,1-3H3,(H2,19,22)/t18-/m0/s1. The number of likely N-dealkylation sites (tertiary alicyclic amines) is 1. The lowest BCUT2D eigenvalue weighted by molar-refractivity contribution is -0.150. The molecule has 1 aliphatic rings. The Morgan fingerprint density at radius 2 is 2.00 bits per heavy atom. The Bertz CT molecular complexity index is 624. The molecule has 1 atom stereocenters. The number of carbonyl (C=O) groups excluding carboxylic acids is 2. The fourth-order valence-corrected chi connectivity index (χ4v) is 2.89. The maximum atomic E-state index is 12.4. The molecule has 1 saturated heterocycles. The van der Waals surface area contributed by atoms with Gasteiger partial charge in [0.05, 0.1) is 6.54 Å². The summed E-state index contributed by atoms with van der Waals surface area (Å²) in [6, 6.07) is 7.62. The van der Waals surface area contributed by atoms with Crippen LogP contribution in [0.4, 0.5) is 0 Å². The lowest BCUT2D eigenvalue weighted by Gasteiger charge is -2.37. The van der Waals surface area contributed by atoms with Gasteiger partial charge in [0.1, 0.15) is 5.75 Å². The lowest BCUT2D eigenvalue weighted by atomic mass is 9.86. The van der Waals surface area contributed by atoms with Gasteiger partial charge >= 0.3 is 0 Å². The number of primary amides is 1. The zero-order valence-corrected chi connectivity index (χ0v) is 14.5. The second-order valence-electron chi connectivity index (χ2n) is 7.35. The molecule has 2 rings (SSSR count). The Hall–Kier alpha value is -2.08. The van der Waals surface area contributed by atoms with Gasteiger partial charge in [0.25, 0.3) is 11.8 Å². The molecule has 0 aromatic heterocycles. The molecular weight excluding hydrogens is 308 g/mol. The van der Waals surface area contributed by atoms with E-state index in [1.165, 1.54) is 4.90 Å². The SMILES string of the molecule is CC(C)(C)c1ccccc1OCC(=O)N1CCC[C@@](O)(C(N)=O)C1. The van der Waals surface area contributed by atoms with E-state index in [1.54, 1.807) is 0 Å². The second kappa shape index (κ2) is 6.81. The molecule has 1 aliphatic heterocycles. The summed E-state index contributed by atoms with van der Waals surface area (Å²) in [5, 5.41) is 10.2. The second-order valence-corrected chi connectivity index (χ2v) is 7.35. The van der Waals surface area contributed by atoms with Crippen LogP contribution in [0.2, 0.25) is 0 Å². The molecule has 1 heterocycles. The molecule has 0 spiro atoms. The van der Waals surface area contributed by atoms with Crippen LogP contribution >= 0.6 is 0 Å². The number of hydrogen-bond acceptors (Lipinski definition) is 4. The molecule has 0 saturated carbocycles. The molecule has 2 amide bonds. The maximum absolute atomic E-state index is 12.4. The van der Waals surface area contributed by atoms with Crippen LogP contribution in [0.25, 0.3) is 0 Å². The van der Waals surface area contributed by atoms with Crippen LogP contribution in [0, 0.1) is 0 Å². The molecule has 0 aliphatic carbocycles. The predicted molar refractivity (Wildman–Crippen MR) is 90.6 cm³/mol. The quantitative estimate of drug-likeness (QED) is 0.865. The highest BCUT2D eigenvalue weighted by Crippen LogP contribution is 2.31. The number of β-amino-alcohol motifs (C(OH)–C–C–N with tert-alkyl or cyclic N) is 1. The Balaban J connectivity index is 2.03. The first-order chi connectivity index (χ1) is 11.1. The van der Waals surface area contributed by atoms with Gasteiger partial charge in [-0.25, -0.2) is 0 Å². The van der Waals surface area contributed by atoms with Gasteiger partial charge in [-0.05, 0) is 29.9 Å². The number of amides is 2. The van der Waals surface area contributed by atoms with E-state index in [0.29, 0.717) is 18.7 Å². The van der Waals surface area contributed by atoms with Gasteiger partial charge in [0.2, 0.25) is 0 Å². The number of piperidine rings is 1. The number of para-hydroxylation sites is 1. The van der Waals surface area contributed by atoms with Gasteiger partial charge < -0.3 is 20.5 Å². The Kier molecular flexibility index (Phi) is 5.18. The Morgan fingerprint density at radius 1 is 1.33 bits per heavy atom. The number of aliphatic hydroxyl groups is 1. The average molecular weight is 334 g/mol. The number of benzene rings is 1. The van der Waals surface area contributed by atoms with Crippen LogP contribution in [0.1, 0.15) is 39.2 Å². The van der Waals surface area contributed by atoms with E-state index in [9.17, 15) is 14.7 Å². The third kappa shape index (κ3) is 4.06. The molecule has 1 aromatic rings. The Morgan fingerprint density at radius 3 is 2.62 bits per heavy atom. The average Bonchev–Trinajstić information content (AvgIpc) is 2.52. The molecule has 24 heavy (non-hydrogen) atoms. The van der Waals surface area contributed by atoms with E-state index >= 15 is 0 Å². The van der Waals surface area contributed by atoms with Crippen molar-refractivity contribution in [1.29, 1.82) is 0 Å². The molecule has 1 fully saturated rings. The highest BCUT2D eigenvalue weighted by molar-refractivity contribution is 5.85. The van der Waals surface area contributed by atoms with Crippen LogP contribution in [0.5, 0.6) is 5.75 Å². The minimum absolute atomic E-state index is 0.0779. The third-order valence-electron chi connectivity index (χ3n) is 4.33. The number of nitrogens with two attached hydrogens (primary N) is 1. The summed E-state index contributed by atoms with van der Waals surface area (Å²) in [6.45, 7) is 6.50. The minimum Gasteiger partial charge on any atom is -0.483 e. The van der Waals surface area contributed by atoms with E-state index < -0.39 is 11.5 Å². The van der Waals surface area contributed by atoms with Gasteiger partial charge in [0, 0.05) is 6.54 Å². The Labute approximate surface area is 142 Å². The highest BCUT2D eigenvalue weighted by Gasteiger charge is 2.40. The third-order valence-corrected chi connectivity index (χ3v) is 4.33. The van der Waals surface area contributed by atoms with Crippen molar-refractivity contribution in [2.75, 3.05) is 19.7 Å². The normalized spacial score (nSPS) is 21.4. The zero-order chi connectivity index (χ0) is 18.0. The van der Waals surface area contributed by atoms with Crippen LogP contribution in [-0.2, 0) is 15.0 Å². The molecular formula is C18H26N2O4. The van der Waals surface area contributed by atoms with Crippen molar-refractivity contribution >= 4 is 11.8 Å². The molecule has 0 radical (unpaired) electrons. The molecule has 0 bridgehead atoms. The summed E-state index contributed by atoms with van der Waals surface area (Å²) >= 11 is 0. The summed E-state index contributed by atoms with van der Waals surface area (Å²) in [5.74, 6) is -0.391. The van der Waals surface area contributed by atoms with E-state index in [4.69, 9.17) is 10.5 Å². The fourth-order valence-electron chi connectivity index (χ4n) is 2.89. The number of carbonyl (C=O) groups is 2. The van der Waals surface area contributed by atoms with Crippen molar-refractivity contribution in [2.45, 2.75) is 44.6 Å². The summed E-state index contributed by atoms with van der Waals surface area (Å²) in [5.41, 5.74) is 4.52. The maximum Gasteiger partial charge on any atom is 0.260 e. The molecule has 6 heteroatoms. The first kappa shape index (κ1) is 18.3. The molecule has 0 unspecified atom stereocenters. The van der Waals surface area contributed by atoms with Crippen molar-refractivity contribution in [2.24, 2.45) is 5.73 Å². The number of ether oxygens (including phenoxy) is 1. The highest BCUT2D eigenvalue weighted by atomic mass is 16.5. The molecule has 132 valence electrons. The molecule has 6 nitrogen and oxygen atoms in total. The topological polar surface area (TPSA) is 92.9 Å². The smallest absolute Gasteiger partial charge is 0.260 e. The van der Waals surface area contributed by atoms with E-state index in [0.717, 1.165) is 5.56 Å². The van der Waals surface area contributed by atoms with E-state index in [1.807, 2.05) is 24.3 Å². The van der Waals surface area contributed by atoms with Crippen LogP contribution in [0.15, 0.2) is 24.3 Å². The van der Waals surface area contributed by atoms with Crippen LogP contribution in [-0.4, -0.2) is 47.1 Å². The zero-order valence-electron chi connectivity index (χ0n) is 14.5. The van der Waals surface area contributed by atoms with Crippen LogP contribution in [0.3, 0.4) is 0 Å². The van der Waals surface area contributed by atoms with Crippen LogP contribution < -0.4 is 10.5 Å². The van der Waals surface area contributed by atoms with Gasteiger partial charge in [0.15, 0.2) is 12.2 Å². The first-order valence-corrected chi connectivity index (χ1v) is 8.16. The number of nitrogens with zero attached hydrogens (tertiary/aromatic N) is 1.